The summed E-state index contributed by atoms with van der Waals surface area (Å²) in [5, 5.41) is 0. The Balaban J connectivity index is 1.90. The summed E-state index contributed by atoms with van der Waals surface area (Å²) < 4.78 is 6.92. The molecule has 3 rings (SSSR count). The molecule has 1 saturated heterocycles. The Morgan fingerprint density at radius 1 is 1.42 bits per heavy atom. The van der Waals surface area contributed by atoms with E-state index in [1.54, 1.807) is 0 Å². The van der Waals surface area contributed by atoms with E-state index < -0.39 is 0 Å². The average Bonchev–Trinajstić information content (AvgIpc) is 2.86. The van der Waals surface area contributed by atoms with E-state index >= 15 is 0 Å². The van der Waals surface area contributed by atoms with Crippen molar-refractivity contribution >= 4 is 38.8 Å². The predicted octanol–water partition coefficient (Wildman–Crippen LogP) is 2.84. The molecule has 3 nitrogen and oxygen atoms in total. The van der Waals surface area contributed by atoms with E-state index in [2.05, 4.69) is 26.9 Å². The standard InChI is InChI=1S/C14H17BrN2OS/c15-10-8-9(14(16)19)4-5-11(10)17-6-7-18-13-3-1-2-12(13)17/h4-5,8,12-13H,1-3,6-7H2,(H2,16,19). The van der Waals surface area contributed by atoms with Crippen LogP contribution >= 0.6 is 28.1 Å². The van der Waals surface area contributed by atoms with Crippen LogP contribution in [0.5, 0.6) is 0 Å². The molecule has 2 fully saturated rings. The molecule has 2 unspecified atom stereocenters. The van der Waals surface area contributed by atoms with Gasteiger partial charge in [-0.2, -0.15) is 0 Å². The molecule has 1 aromatic rings. The zero-order valence-electron chi connectivity index (χ0n) is 10.6. The van der Waals surface area contributed by atoms with E-state index in [9.17, 15) is 0 Å². The van der Waals surface area contributed by atoms with Crippen molar-refractivity contribution in [2.45, 2.75) is 31.4 Å². The van der Waals surface area contributed by atoms with E-state index in [4.69, 9.17) is 22.7 Å². The minimum absolute atomic E-state index is 0.399. The van der Waals surface area contributed by atoms with Gasteiger partial charge in [-0.25, -0.2) is 0 Å². The second-order valence-electron chi connectivity index (χ2n) is 5.13. The molecule has 1 aliphatic heterocycles. The first-order valence-electron chi connectivity index (χ1n) is 6.64. The third-order valence-corrected chi connectivity index (χ3v) is 4.89. The number of anilines is 1. The van der Waals surface area contributed by atoms with Crippen molar-refractivity contribution in [1.82, 2.24) is 0 Å². The van der Waals surface area contributed by atoms with Gasteiger partial charge in [0.25, 0.3) is 0 Å². The number of thiocarbonyl (C=S) groups is 1. The van der Waals surface area contributed by atoms with Crippen LogP contribution in [0.2, 0.25) is 0 Å². The summed E-state index contributed by atoms with van der Waals surface area (Å²) in [6, 6.07) is 6.64. The Kier molecular flexibility index (Phi) is 3.78. The summed E-state index contributed by atoms with van der Waals surface area (Å²) in [6.45, 7) is 1.76. The number of rotatable bonds is 2. The van der Waals surface area contributed by atoms with Crippen LogP contribution < -0.4 is 10.6 Å². The maximum absolute atomic E-state index is 5.86. The highest BCUT2D eigenvalue weighted by Gasteiger charge is 2.36. The maximum Gasteiger partial charge on any atom is 0.104 e. The lowest BCUT2D eigenvalue weighted by atomic mass is 10.1. The third kappa shape index (κ3) is 2.51. The van der Waals surface area contributed by atoms with Gasteiger partial charge in [0, 0.05) is 16.6 Å². The molecule has 102 valence electrons. The zero-order chi connectivity index (χ0) is 13.4. The van der Waals surface area contributed by atoms with Gasteiger partial charge in [-0.1, -0.05) is 12.2 Å². The van der Waals surface area contributed by atoms with Crippen molar-refractivity contribution in [1.29, 1.82) is 0 Å². The topological polar surface area (TPSA) is 38.5 Å². The number of fused-ring (bicyclic) bond motifs is 1. The van der Waals surface area contributed by atoms with Gasteiger partial charge < -0.3 is 15.4 Å². The molecule has 1 heterocycles. The van der Waals surface area contributed by atoms with Crippen molar-refractivity contribution < 1.29 is 4.74 Å². The number of benzene rings is 1. The second-order valence-corrected chi connectivity index (χ2v) is 6.43. The lowest BCUT2D eigenvalue weighted by Crippen LogP contribution is -2.48. The smallest absolute Gasteiger partial charge is 0.104 e. The van der Waals surface area contributed by atoms with Gasteiger partial charge in [0.05, 0.1) is 24.4 Å². The van der Waals surface area contributed by atoms with Gasteiger partial charge >= 0.3 is 0 Å². The molecule has 0 bridgehead atoms. The van der Waals surface area contributed by atoms with E-state index in [0.717, 1.165) is 23.2 Å². The largest absolute Gasteiger partial charge is 0.389 e. The number of hydrogen-bond acceptors (Lipinski definition) is 3. The van der Waals surface area contributed by atoms with Crippen molar-refractivity contribution in [2.24, 2.45) is 5.73 Å². The minimum Gasteiger partial charge on any atom is -0.389 e. The fourth-order valence-corrected chi connectivity index (χ4v) is 3.85. The number of hydrogen-bond donors (Lipinski definition) is 1. The summed E-state index contributed by atoms with van der Waals surface area (Å²) >= 11 is 8.67. The fourth-order valence-electron chi connectivity index (χ4n) is 3.12. The first-order valence-corrected chi connectivity index (χ1v) is 7.84. The summed E-state index contributed by atoms with van der Waals surface area (Å²) in [4.78, 5) is 2.90. The first-order chi connectivity index (χ1) is 9.16. The molecule has 2 aliphatic rings. The normalized spacial score (nSPS) is 26.3. The third-order valence-electron chi connectivity index (χ3n) is 4.02. The molecule has 2 atom stereocenters. The van der Waals surface area contributed by atoms with Gasteiger partial charge in [-0.05, 0) is 53.4 Å². The Hall–Kier alpha value is -0.650. The average molecular weight is 341 g/mol. The Bertz CT molecular complexity index is 508. The van der Waals surface area contributed by atoms with Crippen molar-refractivity contribution in [3.8, 4) is 0 Å². The predicted molar refractivity (Wildman–Crippen MR) is 84.8 cm³/mol. The molecule has 1 aromatic carbocycles. The van der Waals surface area contributed by atoms with Gasteiger partial charge in [0.2, 0.25) is 0 Å². The molecule has 1 saturated carbocycles. The zero-order valence-corrected chi connectivity index (χ0v) is 13.0. The number of nitrogens with zero attached hydrogens (tertiary/aromatic N) is 1. The van der Waals surface area contributed by atoms with Crippen LogP contribution in [0.25, 0.3) is 0 Å². The van der Waals surface area contributed by atoms with Crippen molar-refractivity contribution in [3.63, 3.8) is 0 Å². The monoisotopic (exact) mass is 340 g/mol. The molecule has 5 heteroatoms. The van der Waals surface area contributed by atoms with Crippen LogP contribution in [0.3, 0.4) is 0 Å². The van der Waals surface area contributed by atoms with Crippen LogP contribution in [0.15, 0.2) is 22.7 Å². The Labute approximate surface area is 127 Å². The minimum atomic E-state index is 0.399. The maximum atomic E-state index is 5.86. The van der Waals surface area contributed by atoms with Crippen LogP contribution in [-0.2, 0) is 4.74 Å². The van der Waals surface area contributed by atoms with Gasteiger partial charge in [-0.15, -0.1) is 0 Å². The highest BCUT2D eigenvalue weighted by molar-refractivity contribution is 9.10. The molecule has 19 heavy (non-hydrogen) atoms. The van der Waals surface area contributed by atoms with E-state index in [1.807, 2.05) is 12.1 Å². The van der Waals surface area contributed by atoms with Crippen LogP contribution in [0.4, 0.5) is 5.69 Å². The molecular weight excluding hydrogens is 324 g/mol. The highest BCUT2D eigenvalue weighted by Crippen LogP contribution is 2.36. The Morgan fingerprint density at radius 2 is 2.26 bits per heavy atom. The van der Waals surface area contributed by atoms with E-state index in [0.29, 0.717) is 17.1 Å². The molecule has 1 aliphatic carbocycles. The van der Waals surface area contributed by atoms with Gasteiger partial charge in [0.15, 0.2) is 0 Å². The molecule has 0 radical (unpaired) electrons. The number of nitrogens with two attached hydrogens (primary N) is 1. The first kappa shape index (κ1) is 13.3. The fraction of sp³-hybridized carbons (Fsp3) is 0.500. The summed E-state index contributed by atoms with van der Waals surface area (Å²) in [7, 11) is 0. The van der Waals surface area contributed by atoms with Crippen molar-refractivity contribution in [3.05, 3.63) is 28.2 Å². The van der Waals surface area contributed by atoms with Gasteiger partial charge in [-0.3, -0.25) is 0 Å². The molecular formula is C14H17BrN2OS. The number of morpholine rings is 1. The molecule has 0 spiro atoms. The lowest BCUT2D eigenvalue weighted by Gasteiger charge is -2.39. The summed E-state index contributed by atoms with van der Waals surface area (Å²) in [5.74, 6) is 0. The van der Waals surface area contributed by atoms with Crippen LogP contribution in [-0.4, -0.2) is 30.3 Å². The van der Waals surface area contributed by atoms with Crippen molar-refractivity contribution in [2.75, 3.05) is 18.1 Å². The number of ether oxygens (including phenoxy) is 1. The lowest BCUT2D eigenvalue weighted by molar-refractivity contribution is 0.0256. The highest BCUT2D eigenvalue weighted by atomic mass is 79.9. The summed E-state index contributed by atoms with van der Waals surface area (Å²) in [5.41, 5.74) is 7.80. The SMILES string of the molecule is NC(=S)c1ccc(N2CCOC3CCCC32)c(Br)c1. The van der Waals surface area contributed by atoms with Gasteiger partial charge in [0.1, 0.15) is 4.99 Å². The quantitative estimate of drug-likeness (QED) is 0.840. The molecule has 0 amide bonds. The van der Waals surface area contributed by atoms with E-state index in [-0.39, 0.29) is 0 Å². The molecule has 2 N–H and O–H groups in total. The molecule has 0 aromatic heterocycles. The van der Waals surface area contributed by atoms with Crippen LogP contribution in [0, 0.1) is 0 Å². The summed E-state index contributed by atoms with van der Waals surface area (Å²) in [6.07, 6.45) is 4.06. The second kappa shape index (κ2) is 5.38. The Morgan fingerprint density at radius 3 is 3.00 bits per heavy atom. The van der Waals surface area contributed by atoms with E-state index in [1.165, 1.54) is 24.9 Å². The van der Waals surface area contributed by atoms with Crippen LogP contribution in [0.1, 0.15) is 24.8 Å². The number of halogens is 1.